The number of nitrogens with zero attached hydrogens (tertiary/aromatic N) is 2. The first kappa shape index (κ1) is 22.3. The Morgan fingerprint density at radius 3 is 2.77 bits per heavy atom. The quantitative estimate of drug-likeness (QED) is 0.678. The van der Waals surface area contributed by atoms with Crippen LogP contribution < -0.4 is 5.32 Å². The van der Waals surface area contributed by atoms with Gasteiger partial charge in [-0.1, -0.05) is 12.2 Å². The molecule has 1 aliphatic carbocycles. The first-order chi connectivity index (χ1) is 14.7. The van der Waals surface area contributed by atoms with Gasteiger partial charge in [-0.2, -0.15) is 0 Å². The molecule has 2 aliphatic rings. The average Bonchev–Trinajstić information content (AvgIpc) is 3.29. The molecule has 30 heavy (non-hydrogen) atoms. The van der Waals surface area contributed by atoms with Crippen LogP contribution in [0.5, 0.6) is 0 Å². The van der Waals surface area contributed by atoms with Crippen LogP contribution in [0.3, 0.4) is 0 Å². The molecule has 0 atom stereocenters. The molecule has 4 rings (SSSR count). The van der Waals surface area contributed by atoms with Crippen molar-refractivity contribution in [2.75, 3.05) is 32.2 Å². The van der Waals surface area contributed by atoms with E-state index in [1.807, 2.05) is 7.05 Å². The molecule has 1 aliphatic heterocycles. The molecule has 1 N–H and O–H groups in total. The Balaban J connectivity index is 0.000000239. The van der Waals surface area contributed by atoms with Crippen LogP contribution in [0, 0.1) is 5.82 Å². The maximum absolute atomic E-state index is 12.0. The zero-order valence-corrected chi connectivity index (χ0v) is 17.8. The molecule has 8 heteroatoms. The third-order valence-electron chi connectivity index (χ3n) is 4.76. The highest BCUT2D eigenvalue weighted by Crippen LogP contribution is 2.31. The number of aromatic nitrogens is 2. The van der Waals surface area contributed by atoms with E-state index in [4.69, 9.17) is 9.47 Å². The second kappa shape index (κ2) is 11.7. The van der Waals surface area contributed by atoms with Gasteiger partial charge in [0.1, 0.15) is 11.5 Å². The van der Waals surface area contributed by atoms with Gasteiger partial charge in [0.05, 0.1) is 24.6 Å². The van der Waals surface area contributed by atoms with Crippen LogP contribution in [0.1, 0.15) is 41.9 Å². The van der Waals surface area contributed by atoms with E-state index in [1.165, 1.54) is 23.3 Å². The fourth-order valence-corrected chi connectivity index (χ4v) is 3.82. The lowest BCUT2D eigenvalue weighted by molar-refractivity contribution is -0.0235. The zero-order chi connectivity index (χ0) is 21.2. The zero-order valence-electron chi connectivity index (χ0n) is 17.0. The normalized spacial score (nSPS) is 16.7. The van der Waals surface area contributed by atoms with E-state index in [0.29, 0.717) is 19.0 Å². The third kappa shape index (κ3) is 6.55. The second-order valence-corrected chi connectivity index (χ2v) is 7.71. The van der Waals surface area contributed by atoms with E-state index in [1.54, 1.807) is 11.3 Å². The molecule has 0 spiro atoms. The van der Waals surface area contributed by atoms with Crippen molar-refractivity contribution in [1.82, 2.24) is 9.97 Å². The smallest absolute Gasteiger partial charge is 0.182 e. The Bertz CT molecular complexity index is 874. The van der Waals surface area contributed by atoms with Gasteiger partial charge in [0.2, 0.25) is 0 Å². The lowest BCUT2D eigenvalue weighted by Crippen LogP contribution is -2.24. The number of hydrogen-bond acceptors (Lipinski definition) is 7. The Kier molecular flexibility index (Phi) is 8.67. The summed E-state index contributed by atoms with van der Waals surface area (Å²) in [5.41, 5.74) is 3.83. The molecule has 0 amide bonds. The molecule has 0 bridgehead atoms. The van der Waals surface area contributed by atoms with Crippen molar-refractivity contribution in [3.8, 4) is 0 Å². The number of allylic oxidation sites excluding steroid dienone is 2. The summed E-state index contributed by atoms with van der Waals surface area (Å²) in [6, 6.07) is 2.51. The first-order valence-corrected chi connectivity index (χ1v) is 10.9. The van der Waals surface area contributed by atoms with E-state index in [-0.39, 0.29) is 5.69 Å². The van der Waals surface area contributed by atoms with Crippen LogP contribution in [0.25, 0.3) is 5.57 Å². The topological polar surface area (TPSA) is 73.3 Å². The fourth-order valence-electron chi connectivity index (χ4n) is 3.15. The second-order valence-electron chi connectivity index (χ2n) is 6.85. The Morgan fingerprint density at radius 1 is 1.30 bits per heavy atom. The van der Waals surface area contributed by atoms with E-state index in [2.05, 4.69) is 32.8 Å². The highest BCUT2D eigenvalue weighted by atomic mass is 32.1. The summed E-state index contributed by atoms with van der Waals surface area (Å²) in [7, 11) is 1.91. The first-order valence-electron chi connectivity index (χ1n) is 9.99. The van der Waals surface area contributed by atoms with Crippen LogP contribution in [0.2, 0.25) is 0 Å². The van der Waals surface area contributed by atoms with Crippen molar-refractivity contribution in [2.24, 2.45) is 0 Å². The number of hydrogen-bond donors (Lipinski definition) is 1. The lowest BCUT2D eigenvalue weighted by atomic mass is 9.96. The summed E-state index contributed by atoms with van der Waals surface area (Å²) in [5.74, 6) is -0.430. The van der Waals surface area contributed by atoms with Crippen molar-refractivity contribution in [3.05, 3.63) is 58.6 Å². The summed E-state index contributed by atoms with van der Waals surface area (Å²) < 4.78 is 23.5. The lowest BCUT2D eigenvalue weighted by Gasteiger charge is -2.24. The maximum atomic E-state index is 12.0. The number of anilines is 1. The van der Waals surface area contributed by atoms with Crippen LogP contribution in [0.15, 0.2) is 41.4 Å². The number of ether oxygens (including phenoxy) is 2. The van der Waals surface area contributed by atoms with Gasteiger partial charge >= 0.3 is 0 Å². The molecule has 0 unspecified atom stereocenters. The summed E-state index contributed by atoms with van der Waals surface area (Å²) >= 11 is 1.64. The predicted molar refractivity (Wildman–Crippen MR) is 116 cm³/mol. The highest BCUT2D eigenvalue weighted by Gasteiger charge is 2.18. The van der Waals surface area contributed by atoms with Crippen LogP contribution >= 0.6 is 11.3 Å². The Morgan fingerprint density at radius 2 is 2.10 bits per heavy atom. The molecule has 3 heterocycles. The molecule has 160 valence electrons. The van der Waals surface area contributed by atoms with E-state index >= 15 is 0 Å². The van der Waals surface area contributed by atoms with E-state index in [0.717, 1.165) is 55.9 Å². The Hall–Kier alpha value is -2.42. The molecule has 0 saturated carbocycles. The molecular weight excluding hydrogens is 405 g/mol. The van der Waals surface area contributed by atoms with Gasteiger partial charge in [-0.3, -0.25) is 9.78 Å². The molecule has 2 aromatic rings. The van der Waals surface area contributed by atoms with Gasteiger partial charge in [-0.15, -0.1) is 11.3 Å². The molecule has 2 aromatic heterocycles. The Labute approximate surface area is 179 Å². The summed E-state index contributed by atoms with van der Waals surface area (Å²) in [4.78, 5) is 18.0. The largest absolute Gasteiger partial charge is 0.381 e. The molecule has 1 saturated heterocycles. The van der Waals surface area contributed by atoms with Crippen molar-refractivity contribution in [2.45, 2.75) is 31.8 Å². The third-order valence-corrected chi connectivity index (χ3v) is 5.62. The molecule has 1 fully saturated rings. The van der Waals surface area contributed by atoms with Gasteiger partial charge in [-0.25, -0.2) is 9.37 Å². The number of rotatable bonds is 6. The molecular formula is C22H26FN3O3S. The predicted octanol–water partition coefficient (Wildman–Crippen LogP) is 4.52. The molecule has 6 nitrogen and oxygen atoms in total. The number of pyridine rings is 1. The number of nitrogens with one attached hydrogen (secondary N) is 1. The minimum atomic E-state index is -0.430. The van der Waals surface area contributed by atoms with Crippen molar-refractivity contribution >= 4 is 28.3 Å². The van der Waals surface area contributed by atoms with Gasteiger partial charge in [-0.05, 0) is 43.4 Å². The SMILES string of the molecule is CNc1nc(C2=CCCC=C2COC2CCOCC2)cs1.O=Cc1ccc(F)cn1. The summed E-state index contributed by atoms with van der Waals surface area (Å²) in [6.45, 7) is 2.33. The van der Waals surface area contributed by atoms with Gasteiger partial charge < -0.3 is 14.8 Å². The van der Waals surface area contributed by atoms with Gasteiger partial charge in [0.15, 0.2) is 11.4 Å². The molecule has 0 aromatic carbocycles. The van der Waals surface area contributed by atoms with E-state index < -0.39 is 5.82 Å². The number of carbonyl (C=O) groups is 1. The van der Waals surface area contributed by atoms with Crippen LogP contribution in [0.4, 0.5) is 9.52 Å². The summed E-state index contributed by atoms with van der Waals surface area (Å²) in [5, 5.41) is 6.18. The summed E-state index contributed by atoms with van der Waals surface area (Å²) in [6.07, 6.45) is 10.7. The molecule has 0 radical (unpaired) electrons. The van der Waals surface area contributed by atoms with Crippen LogP contribution in [-0.2, 0) is 9.47 Å². The fraction of sp³-hybridized carbons (Fsp3) is 0.409. The minimum Gasteiger partial charge on any atom is -0.381 e. The van der Waals surface area contributed by atoms with Gasteiger partial charge in [0.25, 0.3) is 0 Å². The minimum absolute atomic E-state index is 0.247. The number of thiazole rings is 1. The van der Waals surface area contributed by atoms with Crippen molar-refractivity contribution in [1.29, 1.82) is 0 Å². The number of halogens is 1. The standard InChI is InChI=1S/C16H22N2O2S.C6H4FNO/c1-17-16-18-15(11-21-16)14-5-3-2-4-12(14)10-20-13-6-8-19-9-7-13;7-5-1-2-6(4-9)8-3-5/h4-5,11,13H,2-3,6-10H2,1H3,(H,17,18);1-4H. The monoisotopic (exact) mass is 431 g/mol. The highest BCUT2D eigenvalue weighted by molar-refractivity contribution is 7.13. The number of carbonyl (C=O) groups excluding carboxylic acids is 1. The van der Waals surface area contributed by atoms with Crippen LogP contribution in [-0.4, -0.2) is 49.2 Å². The van der Waals surface area contributed by atoms with Gasteiger partial charge in [0, 0.05) is 31.2 Å². The maximum Gasteiger partial charge on any atom is 0.182 e. The number of aldehydes is 1. The van der Waals surface area contributed by atoms with Crippen molar-refractivity contribution in [3.63, 3.8) is 0 Å². The van der Waals surface area contributed by atoms with E-state index in [9.17, 15) is 9.18 Å². The average molecular weight is 432 g/mol. The van der Waals surface area contributed by atoms with Crippen molar-refractivity contribution < 1.29 is 18.7 Å².